The van der Waals surface area contributed by atoms with E-state index >= 15 is 0 Å². The van der Waals surface area contributed by atoms with E-state index in [2.05, 4.69) is 22.9 Å². The Labute approximate surface area is 125 Å². The van der Waals surface area contributed by atoms with Gasteiger partial charge in [0.15, 0.2) is 5.76 Å². The van der Waals surface area contributed by atoms with Gasteiger partial charge >= 0.3 is 0 Å². The highest BCUT2D eigenvalue weighted by molar-refractivity contribution is 5.91. The van der Waals surface area contributed by atoms with Gasteiger partial charge in [0.2, 0.25) is 5.91 Å². The molecule has 1 heterocycles. The molecule has 0 aliphatic rings. The second-order valence-electron chi connectivity index (χ2n) is 4.08. The topological polar surface area (TPSA) is 83.4 Å². The molecular formula is C13H22ClN3O3. The summed E-state index contributed by atoms with van der Waals surface area (Å²) in [4.78, 5) is 22.9. The molecule has 1 aromatic heterocycles. The van der Waals surface area contributed by atoms with Gasteiger partial charge in [0, 0.05) is 26.1 Å². The van der Waals surface area contributed by atoms with Crippen LogP contribution in [0.25, 0.3) is 0 Å². The van der Waals surface area contributed by atoms with Crippen molar-refractivity contribution in [1.82, 2.24) is 16.0 Å². The Morgan fingerprint density at radius 2 is 1.95 bits per heavy atom. The summed E-state index contributed by atoms with van der Waals surface area (Å²) in [6.45, 7) is 4.71. The van der Waals surface area contributed by atoms with Crippen molar-refractivity contribution < 1.29 is 14.0 Å². The molecule has 20 heavy (non-hydrogen) atoms. The van der Waals surface area contributed by atoms with Crippen LogP contribution >= 0.6 is 12.4 Å². The van der Waals surface area contributed by atoms with E-state index in [4.69, 9.17) is 4.42 Å². The molecule has 0 aromatic carbocycles. The van der Waals surface area contributed by atoms with Crippen molar-refractivity contribution in [2.75, 3.05) is 26.2 Å². The van der Waals surface area contributed by atoms with E-state index in [-0.39, 0.29) is 36.4 Å². The molecule has 0 spiro atoms. The molecule has 0 atom stereocenters. The maximum absolute atomic E-state index is 11.5. The molecule has 0 bridgehead atoms. The van der Waals surface area contributed by atoms with Crippen LogP contribution in [0.4, 0.5) is 0 Å². The number of carbonyl (C=O) groups is 2. The zero-order valence-electron chi connectivity index (χ0n) is 11.6. The van der Waals surface area contributed by atoms with E-state index in [1.807, 2.05) is 0 Å². The van der Waals surface area contributed by atoms with Gasteiger partial charge in [-0.05, 0) is 25.1 Å². The fourth-order valence-corrected chi connectivity index (χ4v) is 1.46. The van der Waals surface area contributed by atoms with Crippen molar-refractivity contribution in [1.29, 1.82) is 0 Å². The molecule has 0 radical (unpaired) electrons. The Balaban J connectivity index is 0.00000361. The summed E-state index contributed by atoms with van der Waals surface area (Å²) >= 11 is 0. The van der Waals surface area contributed by atoms with Gasteiger partial charge in [0.05, 0.1) is 6.26 Å². The standard InChI is InChI=1S/C13H21N3O3.ClH/c1-2-6-14-8-9-15-12(17)5-7-16-13(18)11-4-3-10-19-11;/h3-4,10,14H,2,5-9H2,1H3,(H,15,17)(H,16,18);1H. The van der Waals surface area contributed by atoms with Crippen LogP contribution < -0.4 is 16.0 Å². The number of halogens is 1. The van der Waals surface area contributed by atoms with Gasteiger partial charge in [-0.3, -0.25) is 9.59 Å². The molecule has 0 unspecified atom stereocenters. The summed E-state index contributed by atoms with van der Waals surface area (Å²) in [5, 5.41) is 8.58. The molecule has 6 nitrogen and oxygen atoms in total. The molecule has 0 saturated heterocycles. The average molecular weight is 304 g/mol. The molecule has 3 N–H and O–H groups in total. The van der Waals surface area contributed by atoms with Crippen LogP contribution in [-0.4, -0.2) is 38.0 Å². The van der Waals surface area contributed by atoms with Gasteiger partial charge in [-0.25, -0.2) is 0 Å². The maximum Gasteiger partial charge on any atom is 0.286 e. The quantitative estimate of drug-likeness (QED) is 0.593. The van der Waals surface area contributed by atoms with Crippen molar-refractivity contribution in [3.63, 3.8) is 0 Å². The lowest BCUT2D eigenvalue weighted by Crippen LogP contribution is -2.34. The van der Waals surface area contributed by atoms with Crippen LogP contribution in [0.5, 0.6) is 0 Å². The molecule has 2 amide bonds. The molecule has 0 aliphatic carbocycles. The highest BCUT2D eigenvalue weighted by Gasteiger charge is 2.08. The molecule has 1 aromatic rings. The second kappa shape index (κ2) is 11.3. The van der Waals surface area contributed by atoms with E-state index in [0.29, 0.717) is 13.1 Å². The Bertz CT molecular complexity index is 382. The van der Waals surface area contributed by atoms with Crippen LogP contribution in [0.3, 0.4) is 0 Å². The molecule has 114 valence electrons. The third-order valence-corrected chi connectivity index (χ3v) is 2.43. The Hall–Kier alpha value is -1.53. The van der Waals surface area contributed by atoms with Crippen molar-refractivity contribution >= 4 is 24.2 Å². The molecule has 0 aliphatic heterocycles. The maximum atomic E-state index is 11.5. The van der Waals surface area contributed by atoms with Crippen molar-refractivity contribution in [3.8, 4) is 0 Å². The first-order valence-electron chi connectivity index (χ1n) is 6.53. The highest BCUT2D eigenvalue weighted by atomic mass is 35.5. The Kier molecular flexibility index (Phi) is 10.4. The third-order valence-electron chi connectivity index (χ3n) is 2.43. The molecular weight excluding hydrogens is 282 g/mol. The van der Waals surface area contributed by atoms with Crippen LogP contribution in [-0.2, 0) is 4.79 Å². The number of hydrogen-bond acceptors (Lipinski definition) is 4. The van der Waals surface area contributed by atoms with Crippen molar-refractivity contribution in [2.24, 2.45) is 0 Å². The lowest BCUT2D eigenvalue weighted by Gasteiger charge is -2.06. The number of hydrogen-bond donors (Lipinski definition) is 3. The largest absolute Gasteiger partial charge is 0.459 e. The van der Waals surface area contributed by atoms with Crippen LogP contribution in [0.2, 0.25) is 0 Å². The average Bonchev–Trinajstić information content (AvgIpc) is 2.92. The minimum atomic E-state index is -0.303. The lowest BCUT2D eigenvalue weighted by atomic mass is 10.3. The number of amides is 2. The predicted molar refractivity (Wildman–Crippen MR) is 79.1 cm³/mol. The first-order chi connectivity index (χ1) is 9.24. The van der Waals surface area contributed by atoms with Crippen LogP contribution in [0.1, 0.15) is 30.3 Å². The molecule has 1 rings (SSSR count). The van der Waals surface area contributed by atoms with Gasteiger partial charge in [0.1, 0.15) is 0 Å². The summed E-state index contributed by atoms with van der Waals surface area (Å²) in [5.41, 5.74) is 0. The zero-order chi connectivity index (χ0) is 13.9. The van der Waals surface area contributed by atoms with Crippen LogP contribution in [0, 0.1) is 0 Å². The molecule has 7 heteroatoms. The second-order valence-corrected chi connectivity index (χ2v) is 4.08. The molecule has 0 fully saturated rings. The first-order valence-corrected chi connectivity index (χ1v) is 6.53. The van der Waals surface area contributed by atoms with E-state index in [9.17, 15) is 9.59 Å². The minimum Gasteiger partial charge on any atom is -0.459 e. The van der Waals surface area contributed by atoms with Gasteiger partial charge < -0.3 is 20.4 Å². The van der Waals surface area contributed by atoms with Gasteiger partial charge in [-0.2, -0.15) is 0 Å². The summed E-state index contributed by atoms with van der Waals surface area (Å²) in [6.07, 6.45) is 2.78. The van der Waals surface area contributed by atoms with Crippen molar-refractivity contribution in [3.05, 3.63) is 24.2 Å². The number of carbonyl (C=O) groups excluding carboxylic acids is 2. The zero-order valence-corrected chi connectivity index (χ0v) is 12.4. The van der Waals surface area contributed by atoms with Gasteiger partial charge in [-0.1, -0.05) is 6.92 Å². The SMILES string of the molecule is CCCNCCNC(=O)CCNC(=O)c1ccco1.Cl. The number of furan rings is 1. The minimum absolute atomic E-state index is 0. The van der Waals surface area contributed by atoms with E-state index in [1.165, 1.54) is 6.26 Å². The Morgan fingerprint density at radius 1 is 1.15 bits per heavy atom. The first kappa shape index (κ1) is 18.5. The van der Waals surface area contributed by atoms with E-state index in [0.717, 1.165) is 19.5 Å². The van der Waals surface area contributed by atoms with E-state index < -0.39 is 0 Å². The third kappa shape index (κ3) is 7.81. The highest BCUT2D eigenvalue weighted by Crippen LogP contribution is 1.98. The summed E-state index contributed by atoms with van der Waals surface area (Å²) in [5.74, 6) is -0.121. The van der Waals surface area contributed by atoms with Gasteiger partial charge in [0.25, 0.3) is 5.91 Å². The van der Waals surface area contributed by atoms with Gasteiger partial charge in [-0.15, -0.1) is 12.4 Å². The summed E-state index contributed by atoms with van der Waals surface area (Å²) < 4.78 is 4.93. The molecule has 0 saturated carbocycles. The number of rotatable bonds is 9. The summed E-state index contributed by atoms with van der Waals surface area (Å²) in [7, 11) is 0. The lowest BCUT2D eigenvalue weighted by molar-refractivity contribution is -0.120. The smallest absolute Gasteiger partial charge is 0.286 e. The van der Waals surface area contributed by atoms with Crippen molar-refractivity contribution in [2.45, 2.75) is 19.8 Å². The number of nitrogens with one attached hydrogen (secondary N) is 3. The Morgan fingerprint density at radius 3 is 2.60 bits per heavy atom. The van der Waals surface area contributed by atoms with E-state index in [1.54, 1.807) is 12.1 Å². The fourth-order valence-electron chi connectivity index (χ4n) is 1.46. The summed E-state index contributed by atoms with van der Waals surface area (Å²) in [6, 6.07) is 3.22. The normalized spacial score (nSPS) is 9.65. The predicted octanol–water partition coefficient (Wildman–Crippen LogP) is 0.937. The van der Waals surface area contributed by atoms with Crippen LogP contribution in [0.15, 0.2) is 22.8 Å². The monoisotopic (exact) mass is 303 g/mol. The fraction of sp³-hybridized carbons (Fsp3) is 0.538.